The van der Waals surface area contributed by atoms with E-state index in [0.29, 0.717) is 18.9 Å². The smallest absolute Gasteiger partial charge is 0.332 e. The van der Waals surface area contributed by atoms with Crippen LogP contribution in [0.3, 0.4) is 0 Å². The summed E-state index contributed by atoms with van der Waals surface area (Å²) in [4.78, 5) is 40.8. The van der Waals surface area contributed by atoms with Gasteiger partial charge in [-0.1, -0.05) is 17.7 Å². The fraction of sp³-hybridized carbons (Fsp3) is 0.348. The summed E-state index contributed by atoms with van der Waals surface area (Å²) in [7, 11) is -3.68. The van der Waals surface area contributed by atoms with Crippen molar-refractivity contribution in [1.29, 1.82) is 0 Å². The first-order valence-electron chi connectivity index (χ1n) is 10.6. The molecule has 0 aromatic heterocycles. The van der Waals surface area contributed by atoms with Gasteiger partial charge in [-0.3, -0.25) is 19.4 Å². The number of carbonyl (C=O) groups excluding carboxylic acids is 3. The van der Waals surface area contributed by atoms with Gasteiger partial charge in [0, 0.05) is 24.3 Å². The van der Waals surface area contributed by atoms with Gasteiger partial charge in [-0.2, -0.15) is 4.31 Å². The van der Waals surface area contributed by atoms with Gasteiger partial charge in [0.1, 0.15) is 6.04 Å². The lowest BCUT2D eigenvalue weighted by Crippen LogP contribution is -2.40. The van der Waals surface area contributed by atoms with E-state index in [-0.39, 0.29) is 23.5 Å². The van der Waals surface area contributed by atoms with Gasteiger partial charge in [0.2, 0.25) is 10.0 Å². The molecular formula is C23H25N3O6S. The minimum absolute atomic E-state index is 0.0773. The summed E-state index contributed by atoms with van der Waals surface area (Å²) in [5.41, 5.74) is 1.83. The summed E-state index contributed by atoms with van der Waals surface area (Å²) in [6, 6.07) is 11.5. The molecule has 0 radical (unpaired) electrons. The van der Waals surface area contributed by atoms with Crippen LogP contribution in [0, 0.1) is 6.92 Å². The van der Waals surface area contributed by atoms with Gasteiger partial charge in [0.05, 0.1) is 24.7 Å². The Morgan fingerprint density at radius 1 is 1.00 bits per heavy atom. The van der Waals surface area contributed by atoms with Crippen molar-refractivity contribution >= 4 is 33.4 Å². The molecule has 2 aromatic rings. The number of hydrogen-bond acceptors (Lipinski definition) is 6. The SMILES string of the molecule is Cc1ccc(N2C(=O)N(CC(=O)c3ccc(S(=O)(=O)N4CCOCC4)cc3)C(=O)[C@H]2C)cc1. The number of nitrogens with zero attached hydrogens (tertiary/aromatic N) is 3. The third-order valence-electron chi connectivity index (χ3n) is 5.85. The zero-order valence-electron chi connectivity index (χ0n) is 18.4. The van der Waals surface area contributed by atoms with Crippen molar-refractivity contribution in [2.24, 2.45) is 0 Å². The average Bonchev–Trinajstić information content (AvgIpc) is 3.03. The molecule has 0 unspecified atom stereocenters. The Hall–Kier alpha value is -3.08. The molecule has 4 rings (SSSR count). The van der Waals surface area contributed by atoms with Crippen LogP contribution in [0.1, 0.15) is 22.8 Å². The number of carbonyl (C=O) groups is 3. The van der Waals surface area contributed by atoms with Gasteiger partial charge in [0.15, 0.2) is 5.78 Å². The number of ketones is 1. The van der Waals surface area contributed by atoms with E-state index < -0.39 is 40.3 Å². The number of Topliss-reactive ketones (excluding diaryl/α,β-unsaturated/α-hetero) is 1. The zero-order valence-corrected chi connectivity index (χ0v) is 19.2. The van der Waals surface area contributed by atoms with Gasteiger partial charge < -0.3 is 4.74 Å². The first-order chi connectivity index (χ1) is 15.7. The number of ether oxygens (including phenoxy) is 1. The van der Waals surface area contributed by atoms with Crippen molar-refractivity contribution in [2.75, 3.05) is 37.7 Å². The molecule has 0 bridgehead atoms. The largest absolute Gasteiger partial charge is 0.379 e. The van der Waals surface area contributed by atoms with Crippen molar-refractivity contribution in [3.05, 3.63) is 59.7 Å². The Balaban J connectivity index is 1.48. The van der Waals surface area contributed by atoms with E-state index in [1.807, 2.05) is 19.1 Å². The molecule has 2 saturated heterocycles. The van der Waals surface area contributed by atoms with Crippen molar-refractivity contribution in [1.82, 2.24) is 9.21 Å². The molecular weight excluding hydrogens is 446 g/mol. The molecule has 0 saturated carbocycles. The van der Waals surface area contributed by atoms with Gasteiger partial charge in [-0.15, -0.1) is 0 Å². The highest BCUT2D eigenvalue weighted by atomic mass is 32.2. The lowest BCUT2D eigenvalue weighted by molar-refractivity contribution is -0.126. The summed E-state index contributed by atoms with van der Waals surface area (Å²) >= 11 is 0. The van der Waals surface area contributed by atoms with Crippen molar-refractivity contribution < 1.29 is 27.5 Å². The lowest BCUT2D eigenvalue weighted by Gasteiger charge is -2.26. The van der Waals surface area contributed by atoms with E-state index in [0.717, 1.165) is 10.5 Å². The van der Waals surface area contributed by atoms with Crippen LogP contribution >= 0.6 is 0 Å². The Labute approximate surface area is 192 Å². The predicted molar refractivity (Wildman–Crippen MR) is 121 cm³/mol. The number of hydrogen-bond donors (Lipinski definition) is 0. The van der Waals surface area contributed by atoms with Crippen molar-refractivity contribution in [2.45, 2.75) is 24.8 Å². The van der Waals surface area contributed by atoms with Crippen molar-refractivity contribution in [3.63, 3.8) is 0 Å². The maximum absolute atomic E-state index is 12.9. The summed E-state index contributed by atoms with van der Waals surface area (Å²) in [6.07, 6.45) is 0. The summed E-state index contributed by atoms with van der Waals surface area (Å²) in [5.74, 6) is -0.912. The highest BCUT2D eigenvalue weighted by molar-refractivity contribution is 7.89. The molecule has 0 N–H and O–H groups in total. The minimum atomic E-state index is -3.68. The van der Waals surface area contributed by atoms with Crippen LogP contribution in [0.2, 0.25) is 0 Å². The standard InChI is InChI=1S/C23H25N3O6S/c1-16-3-7-19(8-4-16)26-17(2)22(28)25(23(26)29)15-21(27)18-5-9-20(10-6-18)33(30,31)24-11-13-32-14-12-24/h3-10,17H,11-15H2,1-2H3/t17-/m1/s1. The van der Waals surface area contributed by atoms with Crippen LogP contribution in [0.5, 0.6) is 0 Å². The molecule has 174 valence electrons. The molecule has 9 nitrogen and oxygen atoms in total. The van der Waals surface area contributed by atoms with E-state index in [4.69, 9.17) is 4.74 Å². The number of sulfonamides is 1. The number of rotatable bonds is 6. The fourth-order valence-corrected chi connectivity index (χ4v) is 5.30. The normalized spacial score (nSPS) is 19.9. The van der Waals surface area contributed by atoms with E-state index in [1.165, 1.54) is 33.5 Å². The van der Waals surface area contributed by atoms with Crippen LogP contribution in [0.25, 0.3) is 0 Å². The quantitative estimate of drug-likeness (QED) is 0.472. The molecule has 1 atom stereocenters. The van der Waals surface area contributed by atoms with Crippen molar-refractivity contribution in [3.8, 4) is 0 Å². The molecule has 0 spiro atoms. The first-order valence-corrected chi connectivity index (χ1v) is 12.1. The second-order valence-electron chi connectivity index (χ2n) is 8.05. The molecule has 3 amide bonds. The highest BCUT2D eigenvalue weighted by Gasteiger charge is 2.44. The van der Waals surface area contributed by atoms with Crippen LogP contribution in [0.4, 0.5) is 10.5 Å². The zero-order chi connectivity index (χ0) is 23.8. The van der Waals surface area contributed by atoms with Crippen LogP contribution in [0.15, 0.2) is 53.4 Å². The predicted octanol–water partition coefficient (Wildman–Crippen LogP) is 2.06. The van der Waals surface area contributed by atoms with Gasteiger partial charge in [0.25, 0.3) is 5.91 Å². The third kappa shape index (κ3) is 4.41. The van der Waals surface area contributed by atoms with E-state index in [2.05, 4.69) is 0 Å². The van der Waals surface area contributed by atoms with E-state index >= 15 is 0 Å². The summed E-state index contributed by atoms with van der Waals surface area (Å²) < 4.78 is 32.0. The van der Waals surface area contributed by atoms with E-state index in [1.54, 1.807) is 19.1 Å². The molecule has 10 heteroatoms. The lowest BCUT2D eigenvalue weighted by atomic mass is 10.1. The van der Waals surface area contributed by atoms with Gasteiger partial charge in [-0.05, 0) is 50.2 Å². The molecule has 33 heavy (non-hydrogen) atoms. The number of morpholine rings is 1. The van der Waals surface area contributed by atoms with Gasteiger partial charge >= 0.3 is 6.03 Å². The second kappa shape index (κ2) is 9.05. The maximum Gasteiger partial charge on any atom is 0.332 e. The first kappa shape index (κ1) is 23.1. The fourth-order valence-electron chi connectivity index (χ4n) is 3.89. The number of aryl methyl sites for hydroxylation is 1. The van der Waals surface area contributed by atoms with E-state index in [9.17, 15) is 22.8 Å². The Kier molecular flexibility index (Phi) is 6.33. The monoisotopic (exact) mass is 471 g/mol. The van der Waals surface area contributed by atoms with Gasteiger partial charge in [-0.25, -0.2) is 13.2 Å². The summed E-state index contributed by atoms with van der Waals surface area (Å²) in [5, 5.41) is 0. The Morgan fingerprint density at radius 2 is 1.61 bits per heavy atom. The molecule has 2 heterocycles. The molecule has 2 aliphatic heterocycles. The van der Waals surface area contributed by atoms with Crippen LogP contribution in [-0.4, -0.2) is 74.2 Å². The Bertz CT molecular complexity index is 1170. The number of imide groups is 1. The Morgan fingerprint density at radius 3 is 2.21 bits per heavy atom. The minimum Gasteiger partial charge on any atom is -0.379 e. The average molecular weight is 472 g/mol. The topological polar surface area (TPSA) is 104 Å². The number of benzene rings is 2. The molecule has 2 aliphatic rings. The molecule has 0 aliphatic carbocycles. The number of urea groups is 1. The highest BCUT2D eigenvalue weighted by Crippen LogP contribution is 2.26. The van der Waals surface area contributed by atoms with Crippen LogP contribution in [-0.2, 0) is 19.6 Å². The number of anilines is 1. The second-order valence-corrected chi connectivity index (χ2v) is 9.99. The molecule has 2 fully saturated rings. The van der Waals surface area contributed by atoms with Crippen LogP contribution < -0.4 is 4.90 Å². The third-order valence-corrected chi connectivity index (χ3v) is 7.76. The summed E-state index contributed by atoms with van der Waals surface area (Å²) in [6.45, 7) is 4.36. The molecule has 2 aromatic carbocycles. The number of amides is 3. The maximum atomic E-state index is 12.9.